The number of aromatic hydroxyl groups is 1. The molecule has 7 heteroatoms. The number of hydrogen-bond donors (Lipinski definition) is 3. The first-order chi connectivity index (χ1) is 6.49. The van der Waals surface area contributed by atoms with Gasteiger partial charge in [0.05, 0.1) is 5.69 Å². The topological polar surface area (TPSA) is 95.5 Å². The van der Waals surface area contributed by atoms with Crippen molar-refractivity contribution in [1.82, 2.24) is 4.72 Å². The molecule has 14 heavy (non-hydrogen) atoms. The lowest BCUT2D eigenvalue weighted by molar-refractivity contribution is 0.256. The maximum atomic E-state index is 11.4. The molecule has 1 aromatic carbocycles. The van der Waals surface area contributed by atoms with Gasteiger partial charge in [-0.05, 0) is 12.1 Å². The number of amides is 2. The van der Waals surface area contributed by atoms with E-state index in [0.717, 1.165) is 6.07 Å². The van der Waals surface area contributed by atoms with Crippen LogP contribution in [-0.2, 0) is 10.0 Å². The van der Waals surface area contributed by atoms with Crippen LogP contribution in [-0.4, -0.2) is 19.6 Å². The molecule has 2 rings (SSSR count). The van der Waals surface area contributed by atoms with Crippen LogP contribution in [0.15, 0.2) is 23.1 Å². The van der Waals surface area contributed by atoms with E-state index in [1.165, 1.54) is 12.1 Å². The number of phenolic OH excluding ortho intramolecular Hbond substituents is 1. The van der Waals surface area contributed by atoms with Gasteiger partial charge in [0.15, 0.2) is 0 Å². The van der Waals surface area contributed by atoms with Crippen LogP contribution < -0.4 is 10.0 Å². The average molecular weight is 214 g/mol. The van der Waals surface area contributed by atoms with Crippen LogP contribution in [0.3, 0.4) is 0 Å². The molecule has 0 saturated carbocycles. The summed E-state index contributed by atoms with van der Waals surface area (Å²) in [6.07, 6.45) is 0. The Balaban J connectivity index is 2.71. The summed E-state index contributed by atoms with van der Waals surface area (Å²) < 4.78 is 24.5. The second kappa shape index (κ2) is 2.61. The van der Waals surface area contributed by atoms with Crippen LogP contribution in [0.4, 0.5) is 10.5 Å². The molecule has 0 unspecified atom stereocenters. The van der Waals surface area contributed by atoms with E-state index < -0.39 is 16.1 Å². The van der Waals surface area contributed by atoms with Gasteiger partial charge in [0, 0.05) is 6.07 Å². The fourth-order valence-electron chi connectivity index (χ4n) is 1.16. The van der Waals surface area contributed by atoms with Gasteiger partial charge >= 0.3 is 6.03 Å². The van der Waals surface area contributed by atoms with E-state index in [-0.39, 0.29) is 16.3 Å². The van der Waals surface area contributed by atoms with Gasteiger partial charge in [0.1, 0.15) is 10.6 Å². The van der Waals surface area contributed by atoms with Crippen molar-refractivity contribution in [1.29, 1.82) is 0 Å². The smallest absolute Gasteiger partial charge is 0.333 e. The number of urea groups is 1. The average Bonchev–Trinajstić information content (AvgIpc) is 2.05. The van der Waals surface area contributed by atoms with Crippen LogP contribution >= 0.6 is 0 Å². The van der Waals surface area contributed by atoms with Crippen molar-refractivity contribution < 1.29 is 18.3 Å². The number of carbonyl (C=O) groups excluding carboxylic acids is 1. The van der Waals surface area contributed by atoms with Crippen LogP contribution in [0.1, 0.15) is 0 Å². The van der Waals surface area contributed by atoms with Gasteiger partial charge in [0.2, 0.25) is 0 Å². The zero-order valence-electron chi connectivity index (χ0n) is 6.81. The van der Waals surface area contributed by atoms with Gasteiger partial charge in [-0.2, -0.15) is 0 Å². The Morgan fingerprint density at radius 3 is 2.71 bits per heavy atom. The van der Waals surface area contributed by atoms with Gasteiger partial charge in [-0.1, -0.05) is 0 Å². The van der Waals surface area contributed by atoms with E-state index in [1.54, 1.807) is 4.72 Å². The number of rotatable bonds is 0. The van der Waals surface area contributed by atoms with E-state index in [4.69, 9.17) is 5.11 Å². The van der Waals surface area contributed by atoms with E-state index >= 15 is 0 Å². The molecule has 0 bridgehead atoms. The van der Waals surface area contributed by atoms with Crippen molar-refractivity contribution in [2.75, 3.05) is 5.32 Å². The quantitative estimate of drug-likeness (QED) is 0.538. The van der Waals surface area contributed by atoms with Crippen molar-refractivity contribution in [2.45, 2.75) is 4.90 Å². The van der Waals surface area contributed by atoms with Crippen molar-refractivity contribution in [3.63, 3.8) is 0 Å². The highest BCUT2D eigenvalue weighted by molar-refractivity contribution is 7.90. The van der Waals surface area contributed by atoms with Crippen LogP contribution in [0.2, 0.25) is 0 Å². The largest absolute Gasteiger partial charge is 0.508 e. The number of anilines is 1. The van der Waals surface area contributed by atoms with Gasteiger partial charge in [-0.3, -0.25) is 0 Å². The maximum Gasteiger partial charge on any atom is 0.333 e. The van der Waals surface area contributed by atoms with Crippen LogP contribution in [0, 0.1) is 0 Å². The first-order valence-electron chi connectivity index (χ1n) is 3.66. The number of hydrogen-bond acceptors (Lipinski definition) is 4. The maximum absolute atomic E-state index is 11.4. The Bertz CT molecular complexity index is 508. The third-order valence-corrected chi connectivity index (χ3v) is 3.10. The first-order valence-corrected chi connectivity index (χ1v) is 5.14. The number of fused-ring (bicyclic) bond motifs is 1. The summed E-state index contributed by atoms with van der Waals surface area (Å²) >= 11 is 0. The third-order valence-electron chi connectivity index (χ3n) is 1.73. The van der Waals surface area contributed by atoms with Gasteiger partial charge in [-0.25, -0.2) is 17.9 Å². The van der Waals surface area contributed by atoms with Crippen LogP contribution in [0.25, 0.3) is 0 Å². The number of benzene rings is 1. The lowest BCUT2D eigenvalue weighted by atomic mass is 10.3. The summed E-state index contributed by atoms with van der Waals surface area (Å²) in [6.45, 7) is 0. The predicted octanol–water partition coefficient (Wildman–Crippen LogP) is 0.216. The predicted molar refractivity (Wildman–Crippen MR) is 47.4 cm³/mol. The Morgan fingerprint density at radius 1 is 1.29 bits per heavy atom. The molecular weight excluding hydrogens is 208 g/mol. The molecule has 0 aromatic heterocycles. The number of phenols is 1. The highest BCUT2D eigenvalue weighted by Crippen LogP contribution is 2.27. The molecule has 0 atom stereocenters. The fourth-order valence-corrected chi connectivity index (χ4v) is 2.25. The minimum Gasteiger partial charge on any atom is -0.508 e. The fraction of sp³-hybridized carbons (Fsp3) is 0. The summed E-state index contributed by atoms with van der Waals surface area (Å²) in [4.78, 5) is 10.7. The molecule has 1 aromatic rings. The molecule has 74 valence electrons. The number of nitrogens with one attached hydrogen (secondary N) is 2. The minimum atomic E-state index is -3.84. The molecule has 0 fully saturated rings. The SMILES string of the molecule is O=C1Nc2ccc(O)cc2S(=O)(=O)N1. The zero-order chi connectivity index (χ0) is 10.3. The first kappa shape index (κ1) is 8.82. The van der Waals surface area contributed by atoms with Gasteiger partial charge < -0.3 is 10.4 Å². The van der Waals surface area contributed by atoms with E-state index in [0.29, 0.717) is 0 Å². The van der Waals surface area contributed by atoms with Gasteiger partial charge in [0.25, 0.3) is 10.0 Å². The molecule has 3 N–H and O–H groups in total. The van der Waals surface area contributed by atoms with Gasteiger partial charge in [-0.15, -0.1) is 0 Å². The Hall–Kier alpha value is -1.76. The van der Waals surface area contributed by atoms with E-state index in [1.807, 2.05) is 0 Å². The molecule has 1 aliphatic heterocycles. The summed E-state index contributed by atoms with van der Waals surface area (Å²) in [5.41, 5.74) is 0.159. The summed E-state index contributed by atoms with van der Waals surface area (Å²) in [5, 5.41) is 11.4. The second-order valence-electron chi connectivity index (χ2n) is 2.74. The summed E-state index contributed by atoms with van der Waals surface area (Å²) in [7, 11) is -3.84. The van der Waals surface area contributed by atoms with E-state index in [2.05, 4.69) is 5.32 Å². The van der Waals surface area contributed by atoms with Crippen molar-refractivity contribution in [2.24, 2.45) is 0 Å². The Labute approximate surface area is 79.6 Å². The highest BCUT2D eigenvalue weighted by atomic mass is 32.2. The second-order valence-corrected chi connectivity index (χ2v) is 4.39. The normalized spacial score (nSPS) is 17.9. The highest BCUT2D eigenvalue weighted by Gasteiger charge is 2.27. The molecule has 2 amide bonds. The minimum absolute atomic E-state index is 0.142. The van der Waals surface area contributed by atoms with Crippen molar-refractivity contribution in [3.05, 3.63) is 18.2 Å². The molecule has 1 aliphatic rings. The molecule has 0 aliphatic carbocycles. The molecule has 1 heterocycles. The number of carbonyl (C=O) groups is 1. The zero-order valence-corrected chi connectivity index (χ0v) is 7.63. The molecular formula is C7H6N2O4S. The van der Waals surface area contributed by atoms with E-state index in [9.17, 15) is 13.2 Å². The summed E-state index contributed by atoms with van der Waals surface area (Å²) in [5.74, 6) is -0.176. The number of sulfonamides is 1. The Morgan fingerprint density at radius 2 is 2.00 bits per heavy atom. The molecule has 0 radical (unpaired) electrons. The lowest BCUT2D eigenvalue weighted by Gasteiger charge is -2.17. The molecule has 0 saturated heterocycles. The molecule has 6 nitrogen and oxygen atoms in total. The summed E-state index contributed by atoms with van der Waals surface area (Å²) in [6, 6.07) is 2.88. The molecule has 0 spiro atoms. The Kier molecular flexibility index (Phi) is 1.65. The van der Waals surface area contributed by atoms with Crippen molar-refractivity contribution >= 4 is 21.7 Å². The standard InChI is InChI=1S/C7H6N2O4S/c10-4-1-2-5-6(3-4)14(12,13)9-7(11)8-5/h1-3,10H,(H2,8,9,11). The lowest BCUT2D eigenvalue weighted by Crippen LogP contribution is -2.39. The van der Waals surface area contributed by atoms with Crippen LogP contribution in [0.5, 0.6) is 5.75 Å². The third kappa shape index (κ3) is 1.27. The van der Waals surface area contributed by atoms with Crippen molar-refractivity contribution in [3.8, 4) is 5.75 Å². The monoisotopic (exact) mass is 214 g/mol.